The van der Waals surface area contributed by atoms with Crippen LogP contribution in [-0.4, -0.2) is 52.5 Å². The molecule has 10 heteroatoms. The summed E-state index contributed by atoms with van der Waals surface area (Å²) < 4.78 is 44.1. The highest BCUT2D eigenvalue weighted by atomic mass is 79.9. The van der Waals surface area contributed by atoms with Crippen molar-refractivity contribution in [3.8, 4) is 17.2 Å². The largest absolute Gasteiger partial charge is 0.493 e. The van der Waals surface area contributed by atoms with Crippen LogP contribution in [0.25, 0.3) is 0 Å². The average Bonchev–Trinajstić information content (AvgIpc) is 3.24. The van der Waals surface area contributed by atoms with Crippen molar-refractivity contribution in [2.24, 2.45) is 0 Å². The van der Waals surface area contributed by atoms with Gasteiger partial charge in [0.25, 0.3) is 0 Å². The minimum Gasteiger partial charge on any atom is -0.493 e. The van der Waals surface area contributed by atoms with Gasteiger partial charge in [-0.15, -0.1) is 0 Å². The number of methoxy groups -OCH3 is 3. The van der Waals surface area contributed by atoms with Crippen LogP contribution in [0.3, 0.4) is 0 Å². The quantitative estimate of drug-likeness (QED) is 0.629. The normalized spacial score (nSPS) is 16.9. The molecule has 30 heavy (non-hydrogen) atoms. The lowest BCUT2D eigenvalue weighted by Crippen LogP contribution is -2.43. The van der Waals surface area contributed by atoms with Crippen molar-refractivity contribution in [1.82, 2.24) is 4.31 Å². The molecular formula is C20H23BrN2O6S. The first kappa shape index (κ1) is 22.4. The molecule has 1 N–H and O–H groups in total. The number of carbonyl (C=O) groups is 1. The van der Waals surface area contributed by atoms with Crippen molar-refractivity contribution >= 4 is 37.5 Å². The molecule has 1 unspecified atom stereocenters. The van der Waals surface area contributed by atoms with Gasteiger partial charge in [0, 0.05) is 28.8 Å². The first-order valence-electron chi connectivity index (χ1n) is 9.20. The number of amides is 1. The molecule has 0 saturated carbocycles. The summed E-state index contributed by atoms with van der Waals surface area (Å²) in [5, 5.41) is 2.78. The zero-order chi connectivity index (χ0) is 21.9. The fraction of sp³-hybridized carbons (Fsp3) is 0.350. The molecule has 1 aliphatic rings. The fourth-order valence-corrected chi connectivity index (χ4v) is 5.33. The summed E-state index contributed by atoms with van der Waals surface area (Å²) in [6, 6.07) is 8.75. The van der Waals surface area contributed by atoms with Crippen LogP contribution in [-0.2, 0) is 14.8 Å². The van der Waals surface area contributed by atoms with Crippen molar-refractivity contribution < 1.29 is 27.4 Å². The van der Waals surface area contributed by atoms with E-state index in [1.807, 2.05) is 0 Å². The molecule has 2 aromatic rings. The van der Waals surface area contributed by atoms with E-state index in [0.717, 1.165) is 4.47 Å². The Kier molecular flexibility index (Phi) is 6.89. The first-order valence-corrected chi connectivity index (χ1v) is 11.4. The fourth-order valence-electron chi connectivity index (χ4n) is 3.41. The van der Waals surface area contributed by atoms with Gasteiger partial charge in [0.1, 0.15) is 6.04 Å². The highest BCUT2D eigenvalue weighted by molar-refractivity contribution is 9.10. The Labute approximate surface area is 184 Å². The Bertz CT molecular complexity index is 1000. The minimum atomic E-state index is -3.80. The van der Waals surface area contributed by atoms with Gasteiger partial charge in [-0.1, -0.05) is 15.9 Å². The molecule has 0 aliphatic carbocycles. The zero-order valence-electron chi connectivity index (χ0n) is 16.8. The third-order valence-electron chi connectivity index (χ3n) is 4.86. The standard InChI is InChI=1S/C20H23BrN2O6S/c1-27-17-11-14(12-18(28-2)19(17)29-3)22-20(24)16-5-4-10-23(16)30(25,26)15-8-6-13(21)7-9-15/h6-9,11-12,16H,4-5,10H2,1-3H3,(H,22,24). The Balaban J connectivity index is 1.85. The minimum absolute atomic E-state index is 0.151. The molecule has 3 rings (SSSR count). The first-order chi connectivity index (χ1) is 14.3. The van der Waals surface area contributed by atoms with Gasteiger partial charge in [-0.2, -0.15) is 4.31 Å². The molecule has 0 radical (unpaired) electrons. The SMILES string of the molecule is COc1cc(NC(=O)C2CCCN2S(=O)(=O)c2ccc(Br)cc2)cc(OC)c1OC. The Morgan fingerprint density at radius 1 is 1.07 bits per heavy atom. The smallest absolute Gasteiger partial charge is 0.243 e. The average molecular weight is 499 g/mol. The zero-order valence-corrected chi connectivity index (χ0v) is 19.2. The summed E-state index contributed by atoms with van der Waals surface area (Å²) in [7, 11) is 0.649. The second kappa shape index (κ2) is 9.23. The van der Waals surface area contributed by atoms with E-state index in [2.05, 4.69) is 21.2 Å². The molecule has 0 aromatic heterocycles. The summed E-state index contributed by atoms with van der Waals surface area (Å²) in [4.78, 5) is 13.1. The Morgan fingerprint density at radius 3 is 2.20 bits per heavy atom. The topological polar surface area (TPSA) is 94.2 Å². The maximum atomic E-state index is 13.1. The lowest BCUT2D eigenvalue weighted by Gasteiger charge is -2.24. The molecule has 1 atom stereocenters. The van der Waals surface area contributed by atoms with Gasteiger partial charge in [0.2, 0.25) is 21.7 Å². The monoisotopic (exact) mass is 498 g/mol. The van der Waals surface area contributed by atoms with Gasteiger partial charge in [-0.25, -0.2) is 8.42 Å². The van der Waals surface area contributed by atoms with E-state index < -0.39 is 22.0 Å². The van der Waals surface area contributed by atoms with Crippen LogP contribution in [0.2, 0.25) is 0 Å². The van der Waals surface area contributed by atoms with Crippen molar-refractivity contribution in [2.45, 2.75) is 23.8 Å². The Hall–Kier alpha value is -2.30. The van der Waals surface area contributed by atoms with Gasteiger partial charge in [0.05, 0.1) is 26.2 Å². The predicted molar refractivity (Wildman–Crippen MR) is 116 cm³/mol. The van der Waals surface area contributed by atoms with Crippen LogP contribution in [0.1, 0.15) is 12.8 Å². The number of hydrogen-bond acceptors (Lipinski definition) is 6. The number of halogens is 1. The third-order valence-corrected chi connectivity index (χ3v) is 7.31. The second-order valence-corrected chi connectivity index (χ2v) is 9.44. The van der Waals surface area contributed by atoms with Crippen LogP contribution in [0.15, 0.2) is 45.8 Å². The molecule has 162 valence electrons. The van der Waals surface area contributed by atoms with Gasteiger partial charge in [-0.05, 0) is 37.1 Å². The van der Waals surface area contributed by atoms with Crippen LogP contribution in [0, 0.1) is 0 Å². The molecule has 0 bridgehead atoms. The van der Waals surface area contributed by atoms with Gasteiger partial charge < -0.3 is 19.5 Å². The molecule has 1 amide bonds. The molecule has 1 saturated heterocycles. The maximum Gasteiger partial charge on any atom is 0.243 e. The predicted octanol–water partition coefficient (Wildman–Crippen LogP) is 3.27. The number of sulfonamides is 1. The van der Waals surface area contributed by atoms with Crippen molar-refractivity contribution in [3.05, 3.63) is 40.9 Å². The molecule has 0 spiro atoms. The van der Waals surface area contributed by atoms with E-state index in [1.165, 1.54) is 37.8 Å². The van der Waals surface area contributed by atoms with Crippen LogP contribution in [0.4, 0.5) is 5.69 Å². The molecule has 1 aliphatic heterocycles. The number of nitrogens with zero attached hydrogens (tertiary/aromatic N) is 1. The molecule has 2 aromatic carbocycles. The Morgan fingerprint density at radius 2 is 1.67 bits per heavy atom. The van der Waals surface area contributed by atoms with Crippen LogP contribution in [0.5, 0.6) is 17.2 Å². The lowest BCUT2D eigenvalue weighted by molar-refractivity contribution is -0.119. The highest BCUT2D eigenvalue weighted by Crippen LogP contribution is 2.40. The molecular weight excluding hydrogens is 476 g/mol. The number of nitrogens with one attached hydrogen (secondary N) is 1. The van der Waals surface area contributed by atoms with E-state index in [9.17, 15) is 13.2 Å². The number of anilines is 1. The number of ether oxygens (including phenoxy) is 3. The summed E-state index contributed by atoms with van der Waals surface area (Å²) in [6.45, 7) is 0.283. The van der Waals surface area contributed by atoms with E-state index in [0.29, 0.717) is 35.8 Å². The van der Waals surface area contributed by atoms with E-state index >= 15 is 0 Å². The lowest BCUT2D eigenvalue weighted by atomic mass is 10.2. The molecule has 8 nitrogen and oxygen atoms in total. The maximum absolute atomic E-state index is 13.1. The van der Waals surface area contributed by atoms with E-state index in [-0.39, 0.29) is 11.4 Å². The van der Waals surface area contributed by atoms with Crippen molar-refractivity contribution in [3.63, 3.8) is 0 Å². The number of rotatable bonds is 7. The van der Waals surface area contributed by atoms with Gasteiger partial charge in [0.15, 0.2) is 11.5 Å². The summed E-state index contributed by atoms with van der Waals surface area (Å²) in [5.41, 5.74) is 0.419. The van der Waals surface area contributed by atoms with Gasteiger partial charge in [-0.3, -0.25) is 4.79 Å². The summed E-state index contributed by atoms with van der Waals surface area (Å²) in [5.74, 6) is 0.761. The third kappa shape index (κ3) is 4.40. The van der Waals surface area contributed by atoms with E-state index in [1.54, 1.807) is 24.3 Å². The summed E-state index contributed by atoms with van der Waals surface area (Å²) in [6.07, 6.45) is 1.04. The molecule has 1 heterocycles. The van der Waals surface area contributed by atoms with Gasteiger partial charge >= 0.3 is 0 Å². The van der Waals surface area contributed by atoms with Crippen molar-refractivity contribution in [1.29, 1.82) is 0 Å². The van der Waals surface area contributed by atoms with Crippen LogP contribution >= 0.6 is 15.9 Å². The second-order valence-electron chi connectivity index (χ2n) is 6.63. The number of benzene rings is 2. The van der Waals surface area contributed by atoms with E-state index in [4.69, 9.17) is 14.2 Å². The molecule has 1 fully saturated rings. The number of hydrogen-bond donors (Lipinski definition) is 1. The highest BCUT2D eigenvalue weighted by Gasteiger charge is 2.39. The summed E-state index contributed by atoms with van der Waals surface area (Å²) >= 11 is 3.30. The van der Waals surface area contributed by atoms with Crippen molar-refractivity contribution in [2.75, 3.05) is 33.2 Å². The number of carbonyl (C=O) groups excluding carboxylic acids is 1. The van der Waals surface area contributed by atoms with Crippen LogP contribution < -0.4 is 19.5 Å².